The molecule has 3 rings (SSSR count). The Kier molecular flexibility index (Phi) is 4.91. The van der Waals surface area contributed by atoms with Gasteiger partial charge in [-0.05, 0) is 42.7 Å². The molecular formula is C18H23ClN4. The Morgan fingerprint density at radius 3 is 2.48 bits per heavy atom. The first-order valence-corrected chi connectivity index (χ1v) is 8.41. The van der Waals surface area contributed by atoms with E-state index in [4.69, 9.17) is 11.6 Å². The minimum absolute atomic E-state index is 0.239. The molecule has 0 saturated heterocycles. The lowest BCUT2D eigenvalue weighted by molar-refractivity contribution is 0.629. The van der Waals surface area contributed by atoms with Crippen molar-refractivity contribution in [3.8, 4) is 0 Å². The van der Waals surface area contributed by atoms with Gasteiger partial charge in [-0.25, -0.2) is 0 Å². The maximum atomic E-state index is 5.98. The van der Waals surface area contributed by atoms with Crippen molar-refractivity contribution in [1.82, 2.24) is 15.2 Å². The van der Waals surface area contributed by atoms with Gasteiger partial charge in [-0.1, -0.05) is 23.7 Å². The molecule has 0 aliphatic heterocycles. The van der Waals surface area contributed by atoms with Crippen molar-refractivity contribution in [2.24, 2.45) is 4.99 Å². The third-order valence-electron chi connectivity index (χ3n) is 4.46. The highest BCUT2D eigenvalue weighted by Gasteiger charge is 2.44. The van der Waals surface area contributed by atoms with Crippen molar-refractivity contribution >= 4 is 17.6 Å². The van der Waals surface area contributed by atoms with E-state index in [0.29, 0.717) is 0 Å². The number of aliphatic imine (C=N–C) groups is 1. The average Bonchev–Trinajstić information content (AvgIpc) is 3.18. The molecule has 1 fully saturated rings. The van der Waals surface area contributed by atoms with Crippen LogP contribution >= 0.6 is 11.6 Å². The van der Waals surface area contributed by atoms with Crippen LogP contribution in [0.1, 0.15) is 18.4 Å². The summed E-state index contributed by atoms with van der Waals surface area (Å²) in [5.74, 6) is 0.859. The van der Waals surface area contributed by atoms with Crippen LogP contribution in [0.25, 0.3) is 0 Å². The van der Waals surface area contributed by atoms with Crippen molar-refractivity contribution in [3.63, 3.8) is 0 Å². The van der Waals surface area contributed by atoms with E-state index in [-0.39, 0.29) is 5.41 Å². The highest BCUT2D eigenvalue weighted by molar-refractivity contribution is 6.30. The van der Waals surface area contributed by atoms with E-state index in [1.165, 1.54) is 18.4 Å². The lowest BCUT2D eigenvalue weighted by Crippen LogP contribution is -2.42. The fraction of sp³-hybridized carbons (Fsp3) is 0.389. The topological polar surface area (TPSA) is 41.4 Å². The highest BCUT2D eigenvalue weighted by atomic mass is 35.5. The van der Waals surface area contributed by atoms with Crippen molar-refractivity contribution in [2.75, 3.05) is 20.1 Å². The second kappa shape index (κ2) is 7.09. The van der Waals surface area contributed by atoms with Gasteiger partial charge in [0, 0.05) is 49.5 Å². The first-order chi connectivity index (χ1) is 11.2. The molecule has 0 unspecified atom stereocenters. The number of guanidine groups is 1. The second-order valence-corrected chi connectivity index (χ2v) is 6.50. The molecule has 1 aliphatic rings. The molecule has 0 atom stereocenters. The molecule has 1 aromatic carbocycles. The predicted octanol–water partition coefficient (Wildman–Crippen LogP) is 3.04. The normalized spacial score (nSPS) is 16.2. The van der Waals surface area contributed by atoms with Gasteiger partial charge in [0.05, 0.1) is 0 Å². The van der Waals surface area contributed by atoms with Gasteiger partial charge in [0.15, 0.2) is 5.96 Å². The molecule has 122 valence electrons. The van der Waals surface area contributed by atoms with Gasteiger partial charge >= 0.3 is 0 Å². The van der Waals surface area contributed by atoms with Crippen molar-refractivity contribution in [2.45, 2.75) is 24.8 Å². The van der Waals surface area contributed by atoms with E-state index < -0.39 is 0 Å². The molecule has 1 heterocycles. The maximum Gasteiger partial charge on any atom is 0.191 e. The number of hydrogen-bond acceptors (Lipinski definition) is 1. The summed E-state index contributed by atoms with van der Waals surface area (Å²) in [6.07, 6.45) is 6.55. The first kappa shape index (κ1) is 15.9. The number of nitrogens with one attached hydrogen (secondary N) is 2. The lowest BCUT2D eigenvalue weighted by Gasteiger charge is -2.19. The third-order valence-corrected chi connectivity index (χ3v) is 4.71. The standard InChI is InChI=1S/C18H23ClN4/c1-20-17(21-10-13-23-11-2-3-12-23)22-14-18(8-9-18)15-4-6-16(19)7-5-15/h2-7,11-12H,8-10,13-14H2,1H3,(H2,20,21,22). The van der Waals surface area contributed by atoms with Gasteiger partial charge in [0.1, 0.15) is 0 Å². The zero-order valence-electron chi connectivity index (χ0n) is 13.4. The van der Waals surface area contributed by atoms with E-state index in [2.05, 4.69) is 44.7 Å². The fourth-order valence-corrected chi connectivity index (χ4v) is 2.94. The lowest BCUT2D eigenvalue weighted by atomic mass is 9.96. The largest absolute Gasteiger partial charge is 0.356 e. The van der Waals surface area contributed by atoms with Crippen LogP contribution in [0, 0.1) is 0 Å². The maximum absolute atomic E-state index is 5.98. The molecule has 2 N–H and O–H groups in total. The number of nitrogens with zero attached hydrogens (tertiary/aromatic N) is 2. The van der Waals surface area contributed by atoms with Crippen LogP contribution in [-0.2, 0) is 12.0 Å². The Morgan fingerprint density at radius 1 is 1.17 bits per heavy atom. The van der Waals surface area contributed by atoms with E-state index in [9.17, 15) is 0 Å². The number of aromatic nitrogens is 1. The Labute approximate surface area is 142 Å². The monoisotopic (exact) mass is 330 g/mol. The van der Waals surface area contributed by atoms with Crippen LogP contribution < -0.4 is 10.6 Å². The quantitative estimate of drug-likeness (QED) is 0.631. The smallest absolute Gasteiger partial charge is 0.191 e. The number of benzene rings is 1. The summed E-state index contributed by atoms with van der Waals surface area (Å²) in [5.41, 5.74) is 1.60. The van der Waals surface area contributed by atoms with Crippen LogP contribution in [0.3, 0.4) is 0 Å². The van der Waals surface area contributed by atoms with Crippen LogP contribution in [0.2, 0.25) is 5.02 Å². The minimum atomic E-state index is 0.239. The molecule has 1 aliphatic carbocycles. The SMILES string of the molecule is CN=C(NCCn1cccc1)NCC1(c2ccc(Cl)cc2)CC1. The van der Waals surface area contributed by atoms with Gasteiger partial charge in [-0.3, -0.25) is 4.99 Å². The Balaban J connectivity index is 1.49. The predicted molar refractivity (Wildman–Crippen MR) is 96.2 cm³/mol. The van der Waals surface area contributed by atoms with E-state index in [0.717, 1.165) is 30.6 Å². The van der Waals surface area contributed by atoms with Crippen LogP contribution in [-0.4, -0.2) is 30.7 Å². The second-order valence-electron chi connectivity index (χ2n) is 6.06. The zero-order valence-corrected chi connectivity index (χ0v) is 14.2. The summed E-state index contributed by atoms with van der Waals surface area (Å²) in [5, 5.41) is 7.62. The molecule has 4 nitrogen and oxygen atoms in total. The molecular weight excluding hydrogens is 308 g/mol. The Bertz CT molecular complexity index is 642. The zero-order chi connectivity index (χ0) is 16.1. The van der Waals surface area contributed by atoms with Gasteiger partial charge in [0.25, 0.3) is 0 Å². The van der Waals surface area contributed by atoms with Crippen molar-refractivity contribution in [3.05, 3.63) is 59.4 Å². The van der Waals surface area contributed by atoms with E-state index >= 15 is 0 Å². The molecule has 5 heteroatoms. The van der Waals surface area contributed by atoms with Crippen molar-refractivity contribution < 1.29 is 0 Å². The van der Waals surface area contributed by atoms with Crippen LogP contribution in [0.5, 0.6) is 0 Å². The number of hydrogen-bond donors (Lipinski definition) is 2. The Hall–Kier alpha value is -1.94. The molecule has 0 bridgehead atoms. The van der Waals surface area contributed by atoms with E-state index in [1.807, 2.05) is 31.3 Å². The molecule has 0 amide bonds. The average molecular weight is 331 g/mol. The number of halogens is 1. The summed E-state index contributed by atoms with van der Waals surface area (Å²) >= 11 is 5.98. The van der Waals surface area contributed by atoms with Gasteiger partial charge < -0.3 is 15.2 Å². The van der Waals surface area contributed by atoms with E-state index in [1.54, 1.807) is 0 Å². The molecule has 0 radical (unpaired) electrons. The fourth-order valence-electron chi connectivity index (χ4n) is 2.82. The van der Waals surface area contributed by atoms with Crippen LogP contribution in [0.15, 0.2) is 53.8 Å². The summed E-state index contributed by atoms with van der Waals surface area (Å²) in [7, 11) is 1.81. The summed E-state index contributed by atoms with van der Waals surface area (Å²) in [6, 6.07) is 12.3. The number of rotatable bonds is 6. The summed E-state index contributed by atoms with van der Waals surface area (Å²) in [6.45, 7) is 2.68. The molecule has 1 aromatic heterocycles. The van der Waals surface area contributed by atoms with Gasteiger partial charge in [-0.2, -0.15) is 0 Å². The molecule has 2 aromatic rings. The Morgan fingerprint density at radius 2 is 1.87 bits per heavy atom. The van der Waals surface area contributed by atoms with Crippen molar-refractivity contribution in [1.29, 1.82) is 0 Å². The first-order valence-electron chi connectivity index (χ1n) is 8.03. The molecule has 0 spiro atoms. The summed E-state index contributed by atoms with van der Waals surface area (Å²) < 4.78 is 2.15. The summed E-state index contributed by atoms with van der Waals surface area (Å²) in [4.78, 5) is 4.31. The molecule has 23 heavy (non-hydrogen) atoms. The third kappa shape index (κ3) is 4.08. The van der Waals surface area contributed by atoms with Crippen LogP contribution in [0.4, 0.5) is 0 Å². The minimum Gasteiger partial charge on any atom is -0.356 e. The van der Waals surface area contributed by atoms with Gasteiger partial charge in [-0.15, -0.1) is 0 Å². The molecule has 1 saturated carbocycles. The van der Waals surface area contributed by atoms with Gasteiger partial charge in [0.2, 0.25) is 0 Å². The highest BCUT2D eigenvalue weighted by Crippen LogP contribution is 2.47.